The fourth-order valence-electron chi connectivity index (χ4n) is 2.09. The first-order valence-electron chi connectivity index (χ1n) is 6.04. The number of benzene rings is 1. The van der Waals surface area contributed by atoms with E-state index in [1.54, 1.807) is 12.1 Å². The van der Waals surface area contributed by atoms with Gasteiger partial charge in [0.2, 0.25) is 0 Å². The number of rotatable bonds is 2. The maximum atomic E-state index is 13.8. The summed E-state index contributed by atoms with van der Waals surface area (Å²) in [6.07, 6.45) is 1.44. The Labute approximate surface area is 118 Å². The fraction of sp³-hybridized carbons (Fsp3) is 0.143. The van der Waals surface area contributed by atoms with Crippen LogP contribution in [0.3, 0.4) is 0 Å². The van der Waals surface area contributed by atoms with Crippen LogP contribution < -0.4 is 11.3 Å². The van der Waals surface area contributed by atoms with Crippen molar-refractivity contribution in [2.75, 3.05) is 5.73 Å². The van der Waals surface area contributed by atoms with Gasteiger partial charge in [-0.05, 0) is 30.0 Å². The fourth-order valence-corrected chi connectivity index (χ4v) is 3.04. The van der Waals surface area contributed by atoms with E-state index in [1.165, 1.54) is 28.3 Å². The van der Waals surface area contributed by atoms with Gasteiger partial charge in [-0.15, -0.1) is 11.3 Å². The number of hydrogen-bond donors (Lipinski definition) is 1. The maximum Gasteiger partial charge on any atom is 0.271 e. The van der Waals surface area contributed by atoms with Crippen LogP contribution in [0.15, 0.2) is 34.7 Å². The third-order valence-electron chi connectivity index (χ3n) is 3.21. The third kappa shape index (κ3) is 1.98. The number of nitrogens with two attached hydrogens (primary N) is 1. The van der Waals surface area contributed by atoms with E-state index in [4.69, 9.17) is 5.73 Å². The first-order valence-corrected chi connectivity index (χ1v) is 6.92. The number of nitrogens with zero attached hydrogens (tertiary/aromatic N) is 2. The van der Waals surface area contributed by atoms with Gasteiger partial charge in [0.15, 0.2) is 0 Å². The highest BCUT2D eigenvalue weighted by molar-refractivity contribution is 7.17. The van der Waals surface area contributed by atoms with Crippen molar-refractivity contribution in [3.8, 4) is 0 Å². The summed E-state index contributed by atoms with van der Waals surface area (Å²) in [5.41, 5.74) is 7.91. The molecule has 0 amide bonds. The summed E-state index contributed by atoms with van der Waals surface area (Å²) in [5, 5.41) is 1.89. The van der Waals surface area contributed by atoms with Gasteiger partial charge in [0.1, 0.15) is 10.5 Å². The second kappa shape index (κ2) is 4.72. The molecule has 0 fully saturated rings. The minimum absolute atomic E-state index is 0.0806. The highest BCUT2D eigenvalue weighted by Crippen LogP contribution is 2.20. The van der Waals surface area contributed by atoms with E-state index in [0.29, 0.717) is 21.5 Å². The zero-order valence-corrected chi connectivity index (χ0v) is 11.6. The normalized spacial score (nSPS) is 11.1. The van der Waals surface area contributed by atoms with Crippen molar-refractivity contribution in [1.29, 1.82) is 0 Å². The molecule has 0 spiro atoms. The molecule has 0 unspecified atom stereocenters. The van der Waals surface area contributed by atoms with E-state index in [0.717, 1.165) is 5.56 Å². The van der Waals surface area contributed by atoms with Crippen molar-refractivity contribution in [3.63, 3.8) is 0 Å². The molecular weight excluding hydrogens is 277 g/mol. The monoisotopic (exact) mass is 289 g/mol. The highest BCUT2D eigenvalue weighted by Gasteiger charge is 2.11. The van der Waals surface area contributed by atoms with Gasteiger partial charge in [0.05, 0.1) is 18.4 Å². The Morgan fingerprint density at radius 2 is 2.25 bits per heavy atom. The van der Waals surface area contributed by atoms with Crippen molar-refractivity contribution in [2.24, 2.45) is 0 Å². The molecule has 3 aromatic rings. The number of anilines is 1. The van der Waals surface area contributed by atoms with Crippen molar-refractivity contribution < 1.29 is 4.39 Å². The molecular formula is C14H12FN3OS. The van der Waals surface area contributed by atoms with Crippen LogP contribution in [0.2, 0.25) is 0 Å². The van der Waals surface area contributed by atoms with Crippen LogP contribution in [0.4, 0.5) is 10.1 Å². The van der Waals surface area contributed by atoms with E-state index in [-0.39, 0.29) is 12.1 Å². The van der Waals surface area contributed by atoms with E-state index in [1.807, 2.05) is 12.3 Å². The number of aryl methyl sites for hydroxylation is 1. The lowest BCUT2D eigenvalue weighted by atomic mass is 10.1. The topological polar surface area (TPSA) is 60.9 Å². The second-order valence-electron chi connectivity index (χ2n) is 4.58. The molecule has 20 heavy (non-hydrogen) atoms. The zero-order chi connectivity index (χ0) is 14.3. The van der Waals surface area contributed by atoms with Crippen LogP contribution in [-0.2, 0) is 6.54 Å². The molecule has 0 aliphatic heterocycles. The lowest BCUT2D eigenvalue weighted by molar-refractivity contribution is 0.597. The number of nitrogen functional groups attached to an aromatic ring is 1. The summed E-state index contributed by atoms with van der Waals surface area (Å²) in [7, 11) is 0. The first kappa shape index (κ1) is 12.8. The van der Waals surface area contributed by atoms with Gasteiger partial charge in [0, 0.05) is 11.3 Å². The molecule has 2 aromatic heterocycles. The maximum absolute atomic E-state index is 13.8. The number of aromatic nitrogens is 2. The van der Waals surface area contributed by atoms with Crippen LogP contribution in [-0.4, -0.2) is 9.55 Å². The molecule has 3 rings (SSSR count). The molecule has 0 radical (unpaired) electrons. The summed E-state index contributed by atoms with van der Waals surface area (Å²) >= 11 is 1.35. The van der Waals surface area contributed by atoms with Crippen LogP contribution in [0.1, 0.15) is 11.1 Å². The van der Waals surface area contributed by atoms with Gasteiger partial charge in [0.25, 0.3) is 5.56 Å². The van der Waals surface area contributed by atoms with Crippen molar-refractivity contribution in [3.05, 3.63) is 57.2 Å². The number of halogens is 1. The average molecular weight is 289 g/mol. The minimum atomic E-state index is -0.417. The molecule has 0 aliphatic carbocycles. The van der Waals surface area contributed by atoms with Crippen LogP contribution in [0.5, 0.6) is 0 Å². The smallest absolute Gasteiger partial charge is 0.271 e. The molecule has 0 saturated heterocycles. The Morgan fingerprint density at radius 1 is 1.45 bits per heavy atom. The Hall–Kier alpha value is -2.21. The Bertz CT molecular complexity index is 833. The molecule has 6 heteroatoms. The van der Waals surface area contributed by atoms with Crippen molar-refractivity contribution in [2.45, 2.75) is 13.5 Å². The van der Waals surface area contributed by atoms with E-state index >= 15 is 0 Å². The number of fused-ring (bicyclic) bond motifs is 1. The predicted octanol–water partition coefficient (Wildman–Crippen LogP) is 2.54. The van der Waals surface area contributed by atoms with Crippen molar-refractivity contribution in [1.82, 2.24) is 9.55 Å². The summed E-state index contributed by atoms with van der Waals surface area (Å²) in [5.74, 6) is -0.417. The SMILES string of the molecule is Cc1csc2c(=O)n(Cc3c(N)cccc3F)cnc12. The second-order valence-corrected chi connectivity index (χ2v) is 5.46. The molecule has 4 nitrogen and oxygen atoms in total. The summed E-state index contributed by atoms with van der Waals surface area (Å²) in [4.78, 5) is 16.6. The van der Waals surface area contributed by atoms with Gasteiger partial charge < -0.3 is 5.73 Å². The number of hydrogen-bond acceptors (Lipinski definition) is 4. The largest absolute Gasteiger partial charge is 0.398 e. The summed E-state index contributed by atoms with van der Waals surface area (Å²) in [6.45, 7) is 1.99. The summed E-state index contributed by atoms with van der Waals surface area (Å²) in [6, 6.07) is 4.49. The first-order chi connectivity index (χ1) is 9.58. The van der Waals surface area contributed by atoms with E-state index in [2.05, 4.69) is 4.98 Å². The molecule has 0 bridgehead atoms. The lowest BCUT2D eigenvalue weighted by Gasteiger charge is -2.09. The van der Waals surface area contributed by atoms with Gasteiger partial charge in [-0.3, -0.25) is 9.36 Å². The standard InChI is InChI=1S/C14H12FN3OS/c1-8-6-20-13-12(8)17-7-18(14(13)19)5-9-10(15)3-2-4-11(9)16/h2-4,6-7H,5,16H2,1H3. The van der Waals surface area contributed by atoms with Gasteiger partial charge in [-0.25, -0.2) is 9.37 Å². The van der Waals surface area contributed by atoms with Gasteiger partial charge in [-0.2, -0.15) is 0 Å². The quantitative estimate of drug-likeness (QED) is 0.737. The van der Waals surface area contributed by atoms with E-state index < -0.39 is 5.82 Å². The predicted molar refractivity (Wildman–Crippen MR) is 78.5 cm³/mol. The average Bonchev–Trinajstić information content (AvgIpc) is 2.79. The highest BCUT2D eigenvalue weighted by atomic mass is 32.1. The van der Waals surface area contributed by atoms with Gasteiger partial charge >= 0.3 is 0 Å². The molecule has 1 aromatic carbocycles. The molecule has 0 atom stereocenters. The zero-order valence-electron chi connectivity index (χ0n) is 10.8. The Balaban J connectivity index is 2.12. The van der Waals surface area contributed by atoms with Crippen molar-refractivity contribution >= 4 is 27.2 Å². The molecule has 0 saturated carbocycles. The van der Waals surface area contributed by atoms with Crippen LogP contribution >= 0.6 is 11.3 Å². The Morgan fingerprint density at radius 3 is 3.00 bits per heavy atom. The molecule has 102 valence electrons. The van der Waals surface area contributed by atoms with Crippen LogP contribution in [0.25, 0.3) is 10.2 Å². The molecule has 0 aliphatic rings. The summed E-state index contributed by atoms with van der Waals surface area (Å²) < 4.78 is 15.7. The molecule has 2 N–H and O–H groups in total. The van der Waals surface area contributed by atoms with E-state index in [9.17, 15) is 9.18 Å². The Kier molecular flexibility index (Phi) is 3.02. The van der Waals surface area contributed by atoms with Crippen LogP contribution in [0, 0.1) is 12.7 Å². The van der Waals surface area contributed by atoms with Gasteiger partial charge in [-0.1, -0.05) is 6.07 Å². The lowest BCUT2D eigenvalue weighted by Crippen LogP contribution is -2.21. The minimum Gasteiger partial charge on any atom is -0.398 e. The molecule has 2 heterocycles. The number of thiophene rings is 1. The third-order valence-corrected chi connectivity index (χ3v) is 4.28.